The Labute approximate surface area is 221 Å². The number of aromatic hydroxyl groups is 1. The lowest BCUT2D eigenvalue weighted by atomic mass is 9.97. The topological polar surface area (TPSA) is 95.0 Å². The van der Waals surface area contributed by atoms with Crippen LogP contribution in [-0.4, -0.2) is 38.9 Å². The lowest BCUT2D eigenvalue weighted by Crippen LogP contribution is -2.30. The fraction of sp³-hybridized carbons (Fsp3) is 0.133. The number of sulfone groups is 1. The molecule has 2 amide bonds. The van der Waals surface area contributed by atoms with E-state index in [1.165, 1.54) is 5.41 Å². The van der Waals surface area contributed by atoms with Crippen molar-refractivity contribution in [3.05, 3.63) is 107 Å². The minimum Gasteiger partial charge on any atom is -0.506 e. The van der Waals surface area contributed by atoms with Crippen LogP contribution in [0.4, 0.5) is 11.4 Å². The molecule has 7 nitrogen and oxygen atoms in total. The predicted molar refractivity (Wildman–Crippen MR) is 149 cm³/mol. The summed E-state index contributed by atoms with van der Waals surface area (Å²) in [5.74, 6) is -1.33. The number of benzene rings is 4. The van der Waals surface area contributed by atoms with Crippen LogP contribution >= 0.6 is 0 Å². The number of aryl methyl sites for hydroxylation is 1. The Morgan fingerprint density at radius 2 is 1.45 bits per heavy atom. The van der Waals surface area contributed by atoms with E-state index in [0.717, 1.165) is 10.5 Å². The first-order chi connectivity index (χ1) is 18.2. The molecule has 0 saturated heterocycles. The Balaban J connectivity index is 1.49. The largest absolute Gasteiger partial charge is 0.506 e. The molecule has 8 heteroatoms. The van der Waals surface area contributed by atoms with Crippen LogP contribution in [0.15, 0.2) is 95.2 Å². The summed E-state index contributed by atoms with van der Waals surface area (Å²) in [5, 5.41) is 13.3. The summed E-state index contributed by atoms with van der Waals surface area (Å²) in [4.78, 5) is 30.2. The number of hydrogen-bond acceptors (Lipinski definition) is 6. The summed E-state index contributed by atoms with van der Waals surface area (Å²) in [6.07, 6.45) is 1.95. The molecule has 4 aromatic carbocycles. The first-order valence-corrected chi connectivity index (χ1v) is 13.7. The number of phenolic OH excluding ortho intramolecular Hbond substituents is 1. The van der Waals surface area contributed by atoms with Crippen LogP contribution in [0.3, 0.4) is 0 Å². The number of phenols is 1. The molecule has 0 radical (unpaired) electrons. The van der Waals surface area contributed by atoms with Gasteiger partial charge >= 0.3 is 0 Å². The van der Waals surface area contributed by atoms with Gasteiger partial charge in [0.05, 0.1) is 27.4 Å². The summed E-state index contributed by atoms with van der Waals surface area (Å²) < 4.78 is 25.3. The highest BCUT2D eigenvalue weighted by atomic mass is 32.2. The molecule has 0 atom stereocenters. The van der Waals surface area contributed by atoms with Gasteiger partial charge in [0, 0.05) is 29.8 Å². The van der Waals surface area contributed by atoms with E-state index in [0.29, 0.717) is 35.1 Å². The highest BCUT2D eigenvalue weighted by Crippen LogP contribution is 2.45. The SMILES string of the molecule is Cc1ccc(S(=O)(=O)/C=C/CCN(C)c2c3c(c(O)c4ccccc24)C(=O)N(c2ccccc2)C3=O)cc1. The maximum absolute atomic E-state index is 13.6. The zero-order valence-electron chi connectivity index (χ0n) is 21.0. The average Bonchev–Trinajstić information content (AvgIpc) is 3.17. The van der Waals surface area contributed by atoms with Crippen molar-refractivity contribution < 1.29 is 23.1 Å². The molecule has 38 heavy (non-hydrogen) atoms. The third kappa shape index (κ3) is 4.33. The number of para-hydroxylation sites is 1. The average molecular weight is 527 g/mol. The van der Waals surface area contributed by atoms with Gasteiger partial charge in [-0.3, -0.25) is 9.59 Å². The van der Waals surface area contributed by atoms with E-state index in [9.17, 15) is 23.1 Å². The van der Waals surface area contributed by atoms with Crippen LogP contribution in [-0.2, 0) is 9.84 Å². The lowest BCUT2D eigenvalue weighted by molar-refractivity contribution is 0.0925. The van der Waals surface area contributed by atoms with Crippen molar-refractivity contribution in [1.82, 2.24) is 0 Å². The monoisotopic (exact) mass is 526 g/mol. The van der Waals surface area contributed by atoms with E-state index in [-0.39, 0.29) is 21.8 Å². The second-order valence-corrected chi connectivity index (χ2v) is 11.0. The van der Waals surface area contributed by atoms with Crippen LogP contribution in [0.25, 0.3) is 10.8 Å². The first kappa shape index (κ1) is 25.2. The molecule has 0 saturated carbocycles. The second-order valence-electron chi connectivity index (χ2n) is 9.21. The van der Waals surface area contributed by atoms with Gasteiger partial charge in [-0.25, -0.2) is 13.3 Å². The van der Waals surface area contributed by atoms with E-state index in [1.54, 1.807) is 92.0 Å². The molecule has 1 aliphatic rings. The van der Waals surface area contributed by atoms with E-state index in [2.05, 4.69) is 0 Å². The first-order valence-electron chi connectivity index (χ1n) is 12.1. The second kappa shape index (κ2) is 9.79. The number of amides is 2. The van der Waals surface area contributed by atoms with Gasteiger partial charge in [0.1, 0.15) is 5.75 Å². The molecular formula is C30H26N2O5S. The third-order valence-corrected chi connectivity index (χ3v) is 8.13. The van der Waals surface area contributed by atoms with E-state index in [4.69, 9.17) is 0 Å². The Bertz CT molecular complexity index is 1690. The molecule has 0 bridgehead atoms. The summed E-state index contributed by atoms with van der Waals surface area (Å²) in [6.45, 7) is 2.26. The highest BCUT2D eigenvalue weighted by molar-refractivity contribution is 7.94. The standard InChI is InChI=1S/C30H26N2O5S/c1-20-14-16-22(17-15-20)38(36,37)19-9-8-18-31(2)27-23-12-6-7-13-24(23)28(33)26-25(27)29(34)32(30(26)35)21-10-4-3-5-11-21/h3-7,9-17,19,33H,8,18H2,1-2H3/b19-9+. The highest BCUT2D eigenvalue weighted by Gasteiger charge is 2.42. The quantitative estimate of drug-likeness (QED) is 0.321. The molecular weight excluding hydrogens is 500 g/mol. The number of carbonyl (C=O) groups excluding carboxylic acids is 2. The van der Waals surface area contributed by atoms with Crippen molar-refractivity contribution in [3.63, 3.8) is 0 Å². The number of imide groups is 1. The van der Waals surface area contributed by atoms with Gasteiger partial charge in [-0.2, -0.15) is 0 Å². The van der Waals surface area contributed by atoms with Crippen LogP contribution in [0.5, 0.6) is 5.75 Å². The zero-order chi connectivity index (χ0) is 27.0. The van der Waals surface area contributed by atoms with Crippen LogP contribution in [0.1, 0.15) is 32.7 Å². The fourth-order valence-electron chi connectivity index (χ4n) is 4.72. The number of nitrogens with zero attached hydrogens (tertiary/aromatic N) is 2. The summed E-state index contributed by atoms with van der Waals surface area (Å²) >= 11 is 0. The maximum Gasteiger partial charge on any atom is 0.270 e. The summed E-state index contributed by atoms with van der Waals surface area (Å²) in [6, 6.07) is 22.3. The fourth-order valence-corrected chi connectivity index (χ4v) is 5.79. The van der Waals surface area contributed by atoms with Gasteiger partial charge < -0.3 is 10.0 Å². The van der Waals surface area contributed by atoms with Crippen molar-refractivity contribution in [2.24, 2.45) is 0 Å². The minimum atomic E-state index is -3.58. The van der Waals surface area contributed by atoms with E-state index >= 15 is 0 Å². The molecule has 1 aliphatic heterocycles. The number of hydrogen-bond donors (Lipinski definition) is 1. The van der Waals surface area contributed by atoms with Gasteiger partial charge in [0.25, 0.3) is 11.8 Å². The van der Waals surface area contributed by atoms with E-state index < -0.39 is 21.7 Å². The van der Waals surface area contributed by atoms with Crippen molar-refractivity contribution in [2.45, 2.75) is 18.2 Å². The third-order valence-electron chi connectivity index (χ3n) is 6.65. The molecule has 4 aromatic rings. The van der Waals surface area contributed by atoms with Crippen LogP contribution < -0.4 is 9.80 Å². The molecule has 0 fully saturated rings. The van der Waals surface area contributed by atoms with Gasteiger partial charge in [0.15, 0.2) is 9.84 Å². The van der Waals surface area contributed by atoms with Crippen molar-refractivity contribution >= 4 is 43.8 Å². The van der Waals surface area contributed by atoms with Gasteiger partial charge in [-0.05, 0) is 37.6 Å². The number of rotatable bonds is 7. The molecule has 0 aromatic heterocycles. The Morgan fingerprint density at radius 1 is 0.842 bits per heavy atom. The summed E-state index contributed by atoms with van der Waals surface area (Å²) in [5.41, 5.74) is 2.01. The Kier molecular flexibility index (Phi) is 6.50. The molecule has 0 unspecified atom stereocenters. The van der Waals surface area contributed by atoms with E-state index in [1.807, 2.05) is 11.8 Å². The number of fused-ring (bicyclic) bond motifs is 2. The maximum atomic E-state index is 13.6. The van der Waals surface area contributed by atoms with Crippen LogP contribution in [0, 0.1) is 6.92 Å². The van der Waals surface area contributed by atoms with Crippen molar-refractivity contribution in [3.8, 4) is 5.75 Å². The number of anilines is 2. The number of carbonyl (C=O) groups is 2. The molecule has 5 rings (SSSR count). The predicted octanol–water partition coefficient (Wildman–Crippen LogP) is 5.47. The summed E-state index contributed by atoms with van der Waals surface area (Å²) in [7, 11) is -1.80. The smallest absolute Gasteiger partial charge is 0.270 e. The molecule has 0 spiro atoms. The van der Waals surface area contributed by atoms with Gasteiger partial charge in [0.2, 0.25) is 0 Å². The van der Waals surface area contributed by atoms with Gasteiger partial charge in [-0.1, -0.05) is 66.2 Å². The lowest BCUT2D eigenvalue weighted by Gasteiger charge is -2.23. The molecule has 0 aliphatic carbocycles. The van der Waals surface area contributed by atoms with Crippen molar-refractivity contribution in [2.75, 3.05) is 23.4 Å². The molecule has 192 valence electrons. The normalized spacial score (nSPS) is 13.5. The zero-order valence-corrected chi connectivity index (χ0v) is 21.8. The Hall–Kier alpha value is -4.43. The molecule has 1 N–H and O–H groups in total. The van der Waals surface area contributed by atoms with Crippen molar-refractivity contribution in [1.29, 1.82) is 0 Å². The van der Waals surface area contributed by atoms with Crippen LogP contribution in [0.2, 0.25) is 0 Å². The Morgan fingerprint density at radius 3 is 2.13 bits per heavy atom. The molecule has 1 heterocycles. The van der Waals surface area contributed by atoms with Gasteiger partial charge in [-0.15, -0.1) is 0 Å². The minimum absolute atomic E-state index is 0.0307.